The SMILES string of the molecule is CN1CCO[C@H]2CN(C(=O)Cc3ccsc3)CC[C@H]2C1. The van der Waals surface area contributed by atoms with Crippen LogP contribution in [-0.4, -0.2) is 61.6 Å². The van der Waals surface area contributed by atoms with Gasteiger partial charge in [0, 0.05) is 32.1 Å². The van der Waals surface area contributed by atoms with Crippen molar-refractivity contribution in [2.45, 2.75) is 18.9 Å². The number of ether oxygens (including phenoxy) is 1. The van der Waals surface area contributed by atoms with E-state index in [0.717, 1.165) is 44.8 Å². The van der Waals surface area contributed by atoms with Crippen LogP contribution in [0, 0.1) is 5.92 Å². The van der Waals surface area contributed by atoms with E-state index in [2.05, 4.69) is 17.3 Å². The molecule has 0 radical (unpaired) electrons. The molecule has 1 amide bonds. The fraction of sp³-hybridized carbons (Fsp3) is 0.667. The number of likely N-dealkylation sites (tertiary alicyclic amines) is 1. The Hall–Kier alpha value is -0.910. The number of likely N-dealkylation sites (N-methyl/N-ethyl adjacent to an activating group) is 1. The maximum absolute atomic E-state index is 12.4. The summed E-state index contributed by atoms with van der Waals surface area (Å²) in [5.74, 6) is 0.816. The number of thiophene rings is 1. The van der Waals surface area contributed by atoms with Crippen LogP contribution in [0.1, 0.15) is 12.0 Å². The predicted molar refractivity (Wildman–Crippen MR) is 79.9 cm³/mol. The minimum atomic E-state index is 0.222. The number of fused-ring (bicyclic) bond motifs is 1. The fourth-order valence-electron chi connectivity index (χ4n) is 3.12. The van der Waals surface area contributed by atoms with Crippen molar-refractivity contribution in [2.24, 2.45) is 5.92 Å². The largest absolute Gasteiger partial charge is 0.375 e. The van der Waals surface area contributed by atoms with E-state index in [1.54, 1.807) is 11.3 Å². The van der Waals surface area contributed by atoms with E-state index < -0.39 is 0 Å². The molecule has 2 saturated heterocycles. The molecule has 2 aliphatic heterocycles. The lowest BCUT2D eigenvalue weighted by atomic mass is 9.93. The zero-order valence-corrected chi connectivity index (χ0v) is 12.8. The fourth-order valence-corrected chi connectivity index (χ4v) is 3.79. The number of rotatable bonds is 2. The van der Waals surface area contributed by atoms with Crippen molar-refractivity contribution in [1.82, 2.24) is 9.80 Å². The summed E-state index contributed by atoms with van der Waals surface area (Å²) in [5.41, 5.74) is 1.13. The van der Waals surface area contributed by atoms with Crippen molar-refractivity contribution in [3.05, 3.63) is 22.4 Å². The average Bonchev–Trinajstić information content (AvgIpc) is 2.85. The zero-order chi connectivity index (χ0) is 13.9. The standard InChI is InChI=1S/C15H22N2O2S/c1-16-5-6-19-14-10-17(4-2-13(14)9-16)15(18)8-12-3-7-20-11-12/h3,7,11,13-14H,2,4-6,8-10H2,1H3/t13-,14-/m0/s1. The summed E-state index contributed by atoms with van der Waals surface area (Å²) in [4.78, 5) is 16.7. The molecule has 20 heavy (non-hydrogen) atoms. The quantitative estimate of drug-likeness (QED) is 0.828. The van der Waals surface area contributed by atoms with Crippen LogP contribution in [0.15, 0.2) is 16.8 Å². The van der Waals surface area contributed by atoms with Gasteiger partial charge >= 0.3 is 0 Å². The summed E-state index contributed by atoms with van der Waals surface area (Å²) in [6.45, 7) is 4.51. The van der Waals surface area contributed by atoms with E-state index in [9.17, 15) is 4.79 Å². The normalized spacial score (nSPS) is 27.9. The van der Waals surface area contributed by atoms with Gasteiger partial charge in [-0.05, 0) is 35.9 Å². The zero-order valence-electron chi connectivity index (χ0n) is 12.0. The van der Waals surface area contributed by atoms with Gasteiger partial charge < -0.3 is 14.5 Å². The molecule has 2 fully saturated rings. The monoisotopic (exact) mass is 294 g/mol. The Bertz CT molecular complexity index is 449. The first-order valence-corrected chi connectivity index (χ1v) is 8.25. The van der Waals surface area contributed by atoms with Crippen LogP contribution in [0.3, 0.4) is 0 Å². The van der Waals surface area contributed by atoms with Crippen molar-refractivity contribution >= 4 is 17.2 Å². The molecule has 0 N–H and O–H groups in total. The van der Waals surface area contributed by atoms with E-state index in [0.29, 0.717) is 12.3 Å². The lowest BCUT2D eigenvalue weighted by molar-refractivity contribution is -0.136. The minimum Gasteiger partial charge on any atom is -0.375 e. The Kier molecular flexibility index (Phi) is 4.38. The highest BCUT2D eigenvalue weighted by atomic mass is 32.1. The molecule has 0 bridgehead atoms. The van der Waals surface area contributed by atoms with E-state index in [1.807, 2.05) is 16.3 Å². The number of carbonyl (C=O) groups is 1. The first kappa shape index (κ1) is 14.0. The van der Waals surface area contributed by atoms with Gasteiger partial charge in [-0.15, -0.1) is 0 Å². The predicted octanol–water partition coefficient (Wildman–Crippen LogP) is 1.47. The molecule has 2 atom stereocenters. The summed E-state index contributed by atoms with van der Waals surface area (Å²) in [6, 6.07) is 2.03. The highest BCUT2D eigenvalue weighted by Crippen LogP contribution is 2.24. The Morgan fingerprint density at radius 3 is 3.15 bits per heavy atom. The van der Waals surface area contributed by atoms with Gasteiger partial charge in [-0.25, -0.2) is 0 Å². The third-order valence-electron chi connectivity index (χ3n) is 4.34. The summed E-state index contributed by atoms with van der Waals surface area (Å²) < 4.78 is 5.96. The van der Waals surface area contributed by atoms with E-state index in [4.69, 9.17) is 4.74 Å². The molecule has 3 heterocycles. The maximum atomic E-state index is 12.4. The number of amides is 1. The number of hydrogen-bond donors (Lipinski definition) is 0. The second-order valence-electron chi connectivity index (χ2n) is 5.87. The summed E-state index contributed by atoms with van der Waals surface area (Å²) in [5, 5.41) is 4.08. The molecule has 1 aromatic heterocycles. The van der Waals surface area contributed by atoms with Gasteiger partial charge in [0.2, 0.25) is 5.91 Å². The van der Waals surface area contributed by atoms with Gasteiger partial charge in [0.25, 0.3) is 0 Å². The molecule has 0 spiro atoms. The molecule has 0 aliphatic carbocycles. The molecule has 1 aromatic rings. The van der Waals surface area contributed by atoms with Crippen molar-refractivity contribution < 1.29 is 9.53 Å². The Morgan fingerprint density at radius 2 is 2.35 bits per heavy atom. The van der Waals surface area contributed by atoms with Crippen LogP contribution in [-0.2, 0) is 16.0 Å². The van der Waals surface area contributed by atoms with Crippen molar-refractivity contribution in [2.75, 3.05) is 39.8 Å². The van der Waals surface area contributed by atoms with Crippen molar-refractivity contribution in [1.29, 1.82) is 0 Å². The molecular weight excluding hydrogens is 272 g/mol. The summed E-state index contributed by atoms with van der Waals surface area (Å²) in [6.07, 6.45) is 1.81. The van der Waals surface area contributed by atoms with Crippen LogP contribution in [0.4, 0.5) is 0 Å². The highest BCUT2D eigenvalue weighted by molar-refractivity contribution is 7.07. The number of piperidine rings is 1. The smallest absolute Gasteiger partial charge is 0.227 e. The van der Waals surface area contributed by atoms with E-state index >= 15 is 0 Å². The number of hydrogen-bond acceptors (Lipinski definition) is 4. The van der Waals surface area contributed by atoms with E-state index in [1.165, 1.54) is 0 Å². The van der Waals surface area contributed by atoms with Gasteiger partial charge in [-0.1, -0.05) is 0 Å². The molecule has 110 valence electrons. The molecule has 5 heteroatoms. The van der Waals surface area contributed by atoms with Gasteiger partial charge in [-0.2, -0.15) is 11.3 Å². The molecular formula is C15H22N2O2S. The lowest BCUT2D eigenvalue weighted by Crippen LogP contribution is -2.49. The van der Waals surface area contributed by atoms with Gasteiger partial charge in [0.05, 0.1) is 19.1 Å². The lowest BCUT2D eigenvalue weighted by Gasteiger charge is -2.37. The summed E-state index contributed by atoms with van der Waals surface area (Å²) >= 11 is 1.65. The van der Waals surface area contributed by atoms with Crippen LogP contribution in [0.25, 0.3) is 0 Å². The van der Waals surface area contributed by atoms with Gasteiger partial charge in [0.1, 0.15) is 0 Å². The molecule has 3 rings (SSSR count). The number of carbonyl (C=O) groups excluding carboxylic acids is 1. The van der Waals surface area contributed by atoms with E-state index in [-0.39, 0.29) is 12.0 Å². The Balaban J connectivity index is 1.59. The number of nitrogens with zero attached hydrogens (tertiary/aromatic N) is 2. The first-order valence-electron chi connectivity index (χ1n) is 7.31. The first-order chi connectivity index (χ1) is 9.72. The topological polar surface area (TPSA) is 32.8 Å². The van der Waals surface area contributed by atoms with Gasteiger partial charge in [-0.3, -0.25) is 4.79 Å². The molecule has 0 unspecified atom stereocenters. The van der Waals surface area contributed by atoms with Gasteiger partial charge in [0.15, 0.2) is 0 Å². The maximum Gasteiger partial charge on any atom is 0.227 e. The Labute approximate surface area is 124 Å². The van der Waals surface area contributed by atoms with Crippen molar-refractivity contribution in [3.8, 4) is 0 Å². The molecule has 0 saturated carbocycles. The molecule has 0 aromatic carbocycles. The molecule has 2 aliphatic rings. The third-order valence-corrected chi connectivity index (χ3v) is 5.07. The Morgan fingerprint density at radius 1 is 1.45 bits per heavy atom. The third kappa shape index (κ3) is 3.22. The van der Waals surface area contributed by atoms with Crippen LogP contribution < -0.4 is 0 Å². The van der Waals surface area contributed by atoms with Crippen LogP contribution in [0.2, 0.25) is 0 Å². The van der Waals surface area contributed by atoms with Crippen LogP contribution in [0.5, 0.6) is 0 Å². The average molecular weight is 294 g/mol. The molecule has 4 nitrogen and oxygen atoms in total. The minimum absolute atomic E-state index is 0.222. The summed E-state index contributed by atoms with van der Waals surface area (Å²) in [7, 11) is 2.15. The highest BCUT2D eigenvalue weighted by Gasteiger charge is 2.34. The second kappa shape index (κ2) is 6.24. The van der Waals surface area contributed by atoms with Crippen LogP contribution >= 0.6 is 11.3 Å². The second-order valence-corrected chi connectivity index (χ2v) is 6.65. The van der Waals surface area contributed by atoms with Crippen molar-refractivity contribution in [3.63, 3.8) is 0 Å².